The molecule has 3 N–H and O–H groups in total. The second-order valence-electron chi connectivity index (χ2n) is 5.86. The minimum absolute atomic E-state index is 0.0369. The molecule has 0 aliphatic carbocycles. The fraction of sp³-hybridized carbons (Fsp3) is 0.389. The summed E-state index contributed by atoms with van der Waals surface area (Å²) in [5.41, 5.74) is 4.70. The normalized spacial score (nSPS) is 10.6. The number of nitrogens with zero attached hydrogens (tertiary/aromatic N) is 2. The van der Waals surface area contributed by atoms with Crippen LogP contribution in [0.2, 0.25) is 5.02 Å². The Labute approximate surface area is 161 Å². The Kier molecular flexibility index (Phi) is 7.06. The number of para-hydroxylation sites is 1. The van der Waals surface area contributed by atoms with E-state index in [9.17, 15) is 14.4 Å². The van der Waals surface area contributed by atoms with Gasteiger partial charge in [0.15, 0.2) is 12.3 Å². The monoisotopic (exact) mass is 394 g/mol. The first-order valence-corrected chi connectivity index (χ1v) is 9.08. The van der Waals surface area contributed by atoms with Crippen LogP contribution in [-0.2, 0) is 11.3 Å². The summed E-state index contributed by atoms with van der Waals surface area (Å²) in [7, 11) is 0. The van der Waals surface area contributed by atoms with Gasteiger partial charge in [-0.3, -0.25) is 19.1 Å². The molecule has 27 heavy (non-hydrogen) atoms. The number of carbonyl (C=O) groups is 1. The number of anilines is 2. The predicted molar refractivity (Wildman–Crippen MR) is 106 cm³/mol. The SMILES string of the molecule is CCCCn1c(N)c(N(CC)C(=O)COc2ccccc2Cl)c(=O)[nH]c1=O. The summed E-state index contributed by atoms with van der Waals surface area (Å²) >= 11 is 6.01. The molecule has 0 fully saturated rings. The lowest BCUT2D eigenvalue weighted by Crippen LogP contribution is -2.42. The number of ether oxygens (including phenoxy) is 1. The van der Waals surface area contributed by atoms with Crippen molar-refractivity contribution in [3.8, 4) is 5.75 Å². The highest BCUT2D eigenvalue weighted by atomic mass is 35.5. The summed E-state index contributed by atoms with van der Waals surface area (Å²) in [6, 6.07) is 6.76. The third-order valence-electron chi connectivity index (χ3n) is 4.02. The van der Waals surface area contributed by atoms with Gasteiger partial charge in [-0.05, 0) is 25.5 Å². The first kappa shape index (κ1) is 20.6. The van der Waals surface area contributed by atoms with Crippen LogP contribution in [0.5, 0.6) is 5.75 Å². The molecule has 1 aromatic heterocycles. The minimum atomic E-state index is -0.710. The van der Waals surface area contributed by atoms with E-state index in [1.807, 2.05) is 6.92 Å². The van der Waals surface area contributed by atoms with Crippen molar-refractivity contribution in [3.05, 3.63) is 50.1 Å². The number of likely N-dealkylation sites (N-methyl/N-ethyl adjacent to an activating group) is 1. The first-order chi connectivity index (χ1) is 12.9. The standard InChI is InChI=1S/C18H23ClN4O4/c1-3-5-10-23-16(20)15(17(25)21-18(23)26)22(4-2)14(24)11-27-13-9-7-6-8-12(13)19/h6-9H,3-5,10-11,20H2,1-2H3,(H,21,25,26). The second kappa shape index (κ2) is 9.27. The fourth-order valence-electron chi connectivity index (χ4n) is 2.61. The molecule has 1 amide bonds. The molecule has 0 saturated carbocycles. The summed E-state index contributed by atoms with van der Waals surface area (Å²) in [5.74, 6) is -0.154. The maximum atomic E-state index is 12.6. The van der Waals surface area contributed by atoms with Gasteiger partial charge in [-0.1, -0.05) is 37.1 Å². The van der Waals surface area contributed by atoms with Crippen LogP contribution >= 0.6 is 11.6 Å². The van der Waals surface area contributed by atoms with E-state index in [1.165, 1.54) is 9.47 Å². The van der Waals surface area contributed by atoms with Gasteiger partial charge in [-0.2, -0.15) is 0 Å². The number of nitrogens with two attached hydrogens (primary N) is 1. The zero-order valence-electron chi connectivity index (χ0n) is 15.3. The van der Waals surface area contributed by atoms with Crippen molar-refractivity contribution in [2.45, 2.75) is 33.2 Å². The lowest BCUT2D eigenvalue weighted by atomic mass is 10.3. The van der Waals surface area contributed by atoms with Gasteiger partial charge in [-0.25, -0.2) is 4.79 Å². The molecule has 0 unspecified atom stereocenters. The fourth-order valence-corrected chi connectivity index (χ4v) is 2.81. The maximum Gasteiger partial charge on any atom is 0.330 e. The zero-order valence-corrected chi connectivity index (χ0v) is 16.1. The Bertz CT molecular complexity index is 922. The Morgan fingerprint density at radius 2 is 2.00 bits per heavy atom. The molecule has 0 spiro atoms. The van der Waals surface area contributed by atoms with Crippen molar-refractivity contribution in [2.24, 2.45) is 0 Å². The first-order valence-electron chi connectivity index (χ1n) is 8.70. The van der Waals surface area contributed by atoms with Gasteiger partial charge in [0.1, 0.15) is 11.6 Å². The molecule has 0 aliphatic rings. The number of aromatic nitrogens is 2. The van der Waals surface area contributed by atoms with Crippen molar-refractivity contribution in [1.29, 1.82) is 0 Å². The number of hydrogen-bond acceptors (Lipinski definition) is 5. The van der Waals surface area contributed by atoms with Crippen molar-refractivity contribution in [2.75, 3.05) is 23.8 Å². The molecule has 0 saturated heterocycles. The van der Waals surface area contributed by atoms with Crippen molar-refractivity contribution in [3.63, 3.8) is 0 Å². The molecule has 0 radical (unpaired) electrons. The number of aromatic amines is 1. The van der Waals surface area contributed by atoms with Crippen LogP contribution in [0.4, 0.5) is 11.5 Å². The van der Waals surface area contributed by atoms with E-state index in [1.54, 1.807) is 31.2 Å². The molecule has 1 heterocycles. The maximum absolute atomic E-state index is 12.6. The van der Waals surface area contributed by atoms with Crippen molar-refractivity contribution < 1.29 is 9.53 Å². The number of rotatable bonds is 8. The summed E-state index contributed by atoms with van der Waals surface area (Å²) in [6.45, 7) is 3.89. The number of amides is 1. The van der Waals surface area contributed by atoms with Crippen LogP contribution in [-0.4, -0.2) is 28.6 Å². The van der Waals surface area contributed by atoms with Gasteiger partial charge in [0.25, 0.3) is 11.5 Å². The molecule has 8 nitrogen and oxygen atoms in total. The van der Waals surface area contributed by atoms with Crippen LogP contribution in [0.15, 0.2) is 33.9 Å². The summed E-state index contributed by atoms with van der Waals surface area (Å²) in [4.78, 5) is 40.4. The molecule has 0 bridgehead atoms. The number of benzene rings is 1. The molecule has 0 aliphatic heterocycles. The molecule has 146 valence electrons. The van der Waals surface area contributed by atoms with Gasteiger partial charge in [0, 0.05) is 13.1 Å². The van der Waals surface area contributed by atoms with Gasteiger partial charge >= 0.3 is 5.69 Å². The van der Waals surface area contributed by atoms with E-state index in [-0.39, 0.29) is 24.7 Å². The minimum Gasteiger partial charge on any atom is -0.482 e. The zero-order chi connectivity index (χ0) is 20.0. The molecule has 9 heteroatoms. The number of nitrogen functional groups attached to an aromatic ring is 1. The Balaban J connectivity index is 2.30. The molecule has 2 aromatic rings. The van der Waals surface area contributed by atoms with Gasteiger partial charge < -0.3 is 15.4 Å². The molecule has 2 rings (SSSR count). The van der Waals surface area contributed by atoms with Gasteiger partial charge in [0.2, 0.25) is 0 Å². The summed E-state index contributed by atoms with van der Waals surface area (Å²) in [5, 5.41) is 0.374. The number of carbonyl (C=O) groups excluding carboxylic acids is 1. The average Bonchev–Trinajstić information content (AvgIpc) is 2.64. The largest absolute Gasteiger partial charge is 0.482 e. The smallest absolute Gasteiger partial charge is 0.330 e. The van der Waals surface area contributed by atoms with E-state index in [2.05, 4.69) is 4.98 Å². The number of unbranched alkanes of at least 4 members (excludes halogenated alkanes) is 1. The molecular weight excluding hydrogens is 372 g/mol. The Hall–Kier alpha value is -2.74. The van der Waals surface area contributed by atoms with E-state index >= 15 is 0 Å². The average molecular weight is 395 g/mol. The van der Waals surface area contributed by atoms with Crippen LogP contribution in [0.1, 0.15) is 26.7 Å². The van der Waals surface area contributed by atoms with E-state index in [0.29, 0.717) is 23.7 Å². The van der Waals surface area contributed by atoms with Crippen LogP contribution < -0.4 is 26.6 Å². The Morgan fingerprint density at radius 3 is 2.63 bits per heavy atom. The second-order valence-corrected chi connectivity index (χ2v) is 6.26. The van der Waals surface area contributed by atoms with Crippen LogP contribution in [0, 0.1) is 0 Å². The third-order valence-corrected chi connectivity index (χ3v) is 4.34. The highest BCUT2D eigenvalue weighted by Crippen LogP contribution is 2.23. The lowest BCUT2D eigenvalue weighted by Gasteiger charge is -2.23. The van der Waals surface area contributed by atoms with Gasteiger partial charge in [-0.15, -0.1) is 0 Å². The quantitative estimate of drug-likeness (QED) is 0.711. The highest BCUT2D eigenvalue weighted by molar-refractivity contribution is 6.32. The van der Waals surface area contributed by atoms with E-state index in [0.717, 1.165) is 6.42 Å². The van der Waals surface area contributed by atoms with E-state index in [4.69, 9.17) is 22.1 Å². The van der Waals surface area contributed by atoms with Gasteiger partial charge in [0.05, 0.1) is 5.02 Å². The van der Waals surface area contributed by atoms with Crippen LogP contribution in [0.3, 0.4) is 0 Å². The topological polar surface area (TPSA) is 110 Å². The molecular formula is C18H23ClN4O4. The predicted octanol–water partition coefficient (Wildman–Crippen LogP) is 2.00. The molecule has 1 aromatic carbocycles. The lowest BCUT2D eigenvalue weighted by molar-refractivity contribution is -0.120. The third kappa shape index (κ3) is 4.71. The highest BCUT2D eigenvalue weighted by Gasteiger charge is 2.23. The summed E-state index contributed by atoms with van der Waals surface area (Å²) in [6.07, 6.45) is 1.56. The van der Waals surface area contributed by atoms with Crippen molar-refractivity contribution in [1.82, 2.24) is 9.55 Å². The number of hydrogen-bond donors (Lipinski definition) is 2. The summed E-state index contributed by atoms with van der Waals surface area (Å²) < 4.78 is 6.73. The number of nitrogens with one attached hydrogen (secondary N) is 1. The molecule has 0 atom stereocenters. The number of H-pyrrole nitrogens is 1. The van der Waals surface area contributed by atoms with E-state index < -0.39 is 17.2 Å². The number of halogens is 1. The Morgan fingerprint density at radius 1 is 1.30 bits per heavy atom. The van der Waals surface area contributed by atoms with Crippen LogP contribution in [0.25, 0.3) is 0 Å². The van der Waals surface area contributed by atoms with Crippen molar-refractivity contribution >= 4 is 29.0 Å².